The third-order valence-corrected chi connectivity index (χ3v) is 5.56. The van der Waals surface area contributed by atoms with Crippen molar-refractivity contribution in [1.82, 2.24) is 4.98 Å². The maximum atomic E-state index is 12.2. The molecule has 10 heteroatoms. The van der Waals surface area contributed by atoms with Gasteiger partial charge in [0.2, 0.25) is 15.9 Å². The minimum Gasteiger partial charge on any atom is -0.438 e. The second-order valence-corrected chi connectivity index (χ2v) is 8.44. The standard InChI is InChI=1S/C20H19F3N2O4S/c21-20(22,23)9-2-10-30(27,28)25-16-6-8-19(24-12-16)29-18-4-1-3-15-11-14(13-26)5-7-17(15)18/h1,3-8,11-12,25-26H,2,9-10,13H2. The molecule has 0 unspecified atom stereocenters. The minimum atomic E-state index is -4.39. The van der Waals surface area contributed by atoms with Crippen LogP contribution in [0, 0.1) is 0 Å². The van der Waals surface area contributed by atoms with Crippen LogP contribution < -0.4 is 9.46 Å². The fraction of sp³-hybridized carbons (Fsp3) is 0.250. The van der Waals surface area contributed by atoms with E-state index in [2.05, 4.69) is 9.71 Å². The summed E-state index contributed by atoms with van der Waals surface area (Å²) in [7, 11) is -3.92. The molecule has 0 amide bonds. The van der Waals surface area contributed by atoms with Crippen LogP contribution in [0.1, 0.15) is 18.4 Å². The lowest BCUT2D eigenvalue weighted by Crippen LogP contribution is -2.18. The number of hydrogen-bond donors (Lipinski definition) is 2. The van der Waals surface area contributed by atoms with Gasteiger partial charge in [0.1, 0.15) is 5.75 Å². The highest BCUT2D eigenvalue weighted by atomic mass is 32.2. The van der Waals surface area contributed by atoms with Crippen molar-refractivity contribution in [2.45, 2.75) is 25.6 Å². The zero-order chi connectivity index (χ0) is 21.8. The summed E-state index contributed by atoms with van der Waals surface area (Å²) in [5, 5.41) is 10.9. The Bertz CT molecular complexity index is 1120. The van der Waals surface area contributed by atoms with Crippen LogP contribution >= 0.6 is 0 Å². The number of aliphatic hydroxyl groups is 1. The van der Waals surface area contributed by atoms with Gasteiger partial charge in [0, 0.05) is 17.9 Å². The third kappa shape index (κ3) is 6.07. The highest BCUT2D eigenvalue weighted by molar-refractivity contribution is 7.92. The molecule has 2 aromatic carbocycles. The zero-order valence-electron chi connectivity index (χ0n) is 15.7. The van der Waals surface area contributed by atoms with Gasteiger partial charge in [-0.15, -0.1) is 0 Å². The Hall–Kier alpha value is -2.85. The van der Waals surface area contributed by atoms with Gasteiger partial charge in [-0.05, 0) is 35.6 Å². The number of nitrogens with one attached hydrogen (secondary N) is 1. The molecular weight excluding hydrogens is 421 g/mol. The summed E-state index contributed by atoms with van der Waals surface area (Å²) in [5.74, 6) is 0.107. The molecule has 0 spiro atoms. The van der Waals surface area contributed by atoms with E-state index in [9.17, 15) is 26.7 Å². The Morgan fingerprint density at radius 3 is 2.57 bits per heavy atom. The molecule has 160 valence electrons. The fourth-order valence-electron chi connectivity index (χ4n) is 2.80. The van der Waals surface area contributed by atoms with Crippen molar-refractivity contribution >= 4 is 26.5 Å². The maximum Gasteiger partial charge on any atom is 0.389 e. The van der Waals surface area contributed by atoms with E-state index >= 15 is 0 Å². The molecule has 30 heavy (non-hydrogen) atoms. The van der Waals surface area contributed by atoms with Crippen LogP contribution in [0.5, 0.6) is 11.6 Å². The summed E-state index contributed by atoms with van der Waals surface area (Å²) in [6.07, 6.45) is -4.85. The number of nitrogens with zero attached hydrogens (tertiary/aromatic N) is 1. The number of aromatic nitrogens is 1. The molecule has 0 fully saturated rings. The van der Waals surface area contributed by atoms with Crippen LogP contribution in [-0.4, -0.2) is 30.4 Å². The first-order valence-electron chi connectivity index (χ1n) is 8.99. The topological polar surface area (TPSA) is 88.5 Å². The van der Waals surface area contributed by atoms with E-state index in [0.29, 0.717) is 5.75 Å². The molecule has 0 radical (unpaired) electrons. The lowest BCUT2D eigenvalue weighted by molar-refractivity contribution is -0.134. The summed E-state index contributed by atoms with van der Waals surface area (Å²) in [4.78, 5) is 4.05. The lowest BCUT2D eigenvalue weighted by Gasteiger charge is -2.11. The SMILES string of the molecule is O=S(=O)(CCCC(F)(F)F)Nc1ccc(Oc2cccc3cc(CO)ccc23)nc1. The van der Waals surface area contributed by atoms with Crippen molar-refractivity contribution in [2.75, 3.05) is 10.5 Å². The maximum absolute atomic E-state index is 12.2. The van der Waals surface area contributed by atoms with Gasteiger partial charge in [0.05, 0.1) is 24.2 Å². The molecule has 0 saturated carbocycles. The predicted molar refractivity (Wildman–Crippen MR) is 107 cm³/mol. The molecule has 2 N–H and O–H groups in total. The van der Waals surface area contributed by atoms with Crippen LogP contribution in [0.25, 0.3) is 10.8 Å². The first-order chi connectivity index (χ1) is 14.1. The van der Waals surface area contributed by atoms with Gasteiger partial charge < -0.3 is 9.84 Å². The van der Waals surface area contributed by atoms with Crippen molar-refractivity contribution in [3.8, 4) is 11.6 Å². The van der Waals surface area contributed by atoms with E-state index in [4.69, 9.17) is 4.74 Å². The van der Waals surface area contributed by atoms with E-state index in [-0.39, 0.29) is 18.2 Å². The zero-order valence-corrected chi connectivity index (χ0v) is 16.5. The van der Waals surface area contributed by atoms with E-state index in [0.717, 1.165) is 16.3 Å². The van der Waals surface area contributed by atoms with Gasteiger partial charge in [0.25, 0.3) is 0 Å². The van der Waals surface area contributed by atoms with Crippen LogP contribution in [0.15, 0.2) is 54.7 Å². The number of pyridine rings is 1. The van der Waals surface area contributed by atoms with Crippen LogP contribution in [0.4, 0.5) is 18.9 Å². The molecule has 1 heterocycles. The van der Waals surface area contributed by atoms with E-state index in [1.54, 1.807) is 18.2 Å². The first-order valence-corrected chi connectivity index (χ1v) is 10.6. The number of rotatable bonds is 8. The van der Waals surface area contributed by atoms with E-state index in [1.165, 1.54) is 18.3 Å². The lowest BCUT2D eigenvalue weighted by atomic mass is 10.1. The van der Waals surface area contributed by atoms with Gasteiger partial charge in [0.15, 0.2) is 0 Å². The molecule has 0 aliphatic rings. The van der Waals surface area contributed by atoms with Gasteiger partial charge >= 0.3 is 6.18 Å². The fourth-order valence-corrected chi connectivity index (χ4v) is 3.90. The molecule has 1 aromatic heterocycles. The number of sulfonamides is 1. The second kappa shape index (κ2) is 8.88. The Labute approximate surface area is 171 Å². The number of anilines is 1. The van der Waals surface area contributed by atoms with Crippen molar-refractivity contribution in [3.05, 3.63) is 60.3 Å². The van der Waals surface area contributed by atoms with E-state index < -0.39 is 34.8 Å². The van der Waals surface area contributed by atoms with Crippen molar-refractivity contribution < 1.29 is 31.4 Å². The Kier molecular flexibility index (Phi) is 6.47. The Morgan fingerprint density at radius 2 is 1.90 bits per heavy atom. The summed E-state index contributed by atoms with van der Waals surface area (Å²) in [5.41, 5.74) is 0.893. The normalized spacial score (nSPS) is 12.1. The number of fused-ring (bicyclic) bond motifs is 1. The molecule has 0 aliphatic carbocycles. The van der Waals surface area contributed by atoms with Gasteiger partial charge in [-0.25, -0.2) is 13.4 Å². The van der Waals surface area contributed by atoms with Gasteiger partial charge in [-0.3, -0.25) is 4.72 Å². The molecule has 3 aromatic rings. The highest BCUT2D eigenvalue weighted by Gasteiger charge is 2.27. The van der Waals surface area contributed by atoms with Gasteiger partial charge in [-0.1, -0.05) is 24.3 Å². The Balaban J connectivity index is 1.67. The van der Waals surface area contributed by atoms with E-state index in [1.807, 2.05) is 18.2 Å². The summed E-state index contributed by atoms with van der Waals surface area (Å²) < 4.78 is 68.3. The number of benzene rings is 2. The van der Waals surface area contributed by atoms with Crippen molar-refractivity contribution in [3.63, 3.8) is 0 Å². The monoisotopic (exact) mass is 440 g/mol. The number of halogens is 3. The third-order valence-electron chi connectivity index (χ3n) is 4.18. The van der Waals surface area contributed by atoms with Crippen molar-refractivity contribution in [2.24, 2.45) is 0 Å². The van der Waals surface area contributed by atoms with Crippen LogP contribution in [0.3, 0.4) is 0 Å². The average molecular weight is 440 g/mol. The second-order valence-electron chi connectivity index (χ2n) is 6.60. The number of alkyl halides is 3. The molecular formula is C20H19F3N2O4S. The van der Waals surface area contributed by atoms with Gasteiger partial charge in [-0.2, -0.15) is 13.2 Å². The molecule has 0 bridgehead atoms. The minimum absolute atomic E-state index is 0.0733. The number of ether oxygens (including phenoxy) is 1. The molecule has 3 rings (SSSR count). The largest absolute Gasteiger partial charge is 0.438 e. The molecule has 0 saturated heterocycles. The molecule has 0 aliphatic heterocycles. The highest BCUT2D eigenvalue weighted by Crippen LogP contribution is 2.30. The van der Waals surface area contributed by atoms with Crippen molar-refractivity contribution in [1.29, 1.82) is 0 Å². The smallest absolute Gasteiger partial charge is 0.389 e. The average Bonchev–Trinajstić information content (AvgIpc) is 2.68. The molecule has 0 atom stereocenters. The summed E-state index contributed by atoms with van der Waals surface area (Å²) in [6.45, 7) is -0.0733. The molecule has 6 nitrogen and oxygen atoms in total. The Morgan fingerprint density at radius 1 is 1.10 bits per heavy atom. The predicted octanol–water partition coefficient (Wildman–Crippen LogP) is 4.60. The van der Waals surface area contributed by atoms with Crippen LogP contribution in [0.2, 0.25) is 0 Å². The number of aliphatic hydroxyl groups excluding tert-OH is 1. The van der Waals surface area contributed by atoms with Crippen LogP contribution in [-0.2, 0) is 16.6 Å². The quantitative estimate of drug-likeness (QED) is 0.534. The number of hydrogen-bond acceptors (Lipinski definition) is 5. The summed E-state index contributed by atoms with van der Waals surface area (Å²) in [6, 6.07) is 13.7. The summed E-state index contributed by atoms with van der Waals surface area (Å²) >= 11 is 0. The first kappa shape index (κ1) is 21.8.